The third-order valence-corrected chi connectivity index (χ3v) is 6.25. The van der Waals surface area contributed by atoms with Crippen LogP contribution >= 0.6 is 11.3 Å². The van der Waals surface area contributed by atoms with Crippen molar-refractivity contribution in [3.63, 3.8) is 0 Å². The van der Waals surface area contributed by atoms with Crippen LogP contribution in [0.25, 0.3) is 10.1 Å². The molecule has 4 rings (SSSR count). The van der Waals surface area contributed by atoms with Gasteiger partial charge in [-0.1, -0.05) is 25.0 Å². The average Bonchev–Trinajstić information content (AvgIpc) is 3.26. The Labute approximate surface area is 160 Å². The number of halogens is 1. The summed E-state index contributed by atoms with van der Waals surface area (Å²) in [6, 6.07) is 8.18. The molecule has 0 unspecified atom stereocenters. The second-order valence-corrected chi connectivity index (χ2v) is 8.36. The number of amides is 1. The first-order valence-corrected chi connectivity index (χ1v) is 10.0. The molecule has 4 nitrogen and oxygen atoms in total. The summed E-state index contributed by atoms with van der Waals surface area (Å²) in [6.07, 6.45) is 6.02. The maximum absolute atomic E-state index is 13.1. The number of aromatic nitrogens is 1. The fraction of sp³-hybridized carbons (Fsp3) is 0.333. The van der Waals surface area contributed by atoms with Crippen molar-refractivity contribution in [3.05, 3.63) is 68.7 Å². The minimum Gasteiger partial charge on any atom is -0.349 e. The van der Waals surface area contributed by atoms with Gasteiger partial charge in [0, 0.05) is 21.8 Å². The minimum absolute atomic E-state index is 0.151. The lowest BCUT2D eigenvalue weighted by atomic mass is 10.1. The number of pyridine rings is 1. The summed E-state index contributed by atoms with van der Waals surface area (Å²) in [5.41, 5.74) is 1.15. The minimum atomic E-state index is -0.305. The van der Waals surface area contributed by atoms with Crippen molar-refractivity contribution in [2.45, 2.75) is 45.2 Å². The molecule has 1 N–H and O–H groups in total. The Kier molecular flexibility index (Phi) is 4.83. The summed E-state index contributed by atoms with van der Waals surface area (Å²) in [5.74, 6) is -0.455. The molecular formula is C21H21FN2O2S. The molecule has 0 aliphatic heterocycles. The molecule has 27 heavy (non-hydrogen) atoms. The number of benzene rings is 1. The molecule has 1 aliphatic carbocycles. The number of hydrogen-bond acceptors (Lipinski definition) is 3. The largest absolute Gasteiger partial charge is 0.349 e. The van der Waals surface area contributed by atoms with E-state index in [4.69, 9.17) is 0 Å². The molecule has 0 saturated heterocycles. The van der Waals surface area contributed by atoms with Crippen LogP contribution in [-0.4, -0.2) is 16.5 Å². The van der Waals surface area contributed by atoms with Crippen molar-refractivity contribution < 1.29 is 9.18 Å². The van der Waals surface area contributed by atoms with Gasteiger partial charge in [-0.25, -0.2) is 4.39 Å². The van der Waals surface area contributed by atoms with Gasteiger partial charge in [0.1, 0.15) is 5.82 Å². The van der Waals surface area contributed by atoms with Gasteiger partial charge in [0.25, 0.3) is 11.5 Å². The first-order chi connectivity index (χ1) is 13.0. The Morgan fingerprint density at radius 1 is 1.22 bits per heavy atom. The van der Waals surface area contributed by atoms with E-state index >= 15 is 0 Å². The molecule has 1 amide bonds. The van der Waals surface area contributed by atoms with Crippen molar-refractivity contribution in [1.82, 2.24) is 9.88 Å². The van der Waals surface area contributed by atoms with Crippen molar-refractivity contribution >= 4 is 27.3 Å². The molecule has 6 heteroatoms. The molecule has 1 aliphatic rings. The van der Waals surface area contributed by atoms with Crippen LogP contribution in [0.2, 0.25) is 0 Å². The van der Waals surface area contributed by atoms with Crippen molar-refractivity contribution in [1.29, 1.82) is 0 Å². The molecule has 2 heterocycles. The van der Waals surface area contributed by atoms with Gasteiger partial charge in [-0.05, 0) is 43.5 Å². The van der Waals surface area contributed by atoms with Crippen LogP contribution in [0.15, 0.2) is 41.3 Å². The van der Waals surface area contributed by atoms with E-state index in [2.05, 4.69) is 5.32 Å². The van der Waals surface area contributed by atoms with Crippen LogP contribution in [0, 0.1) is 12.7 Å². The zero-order valence-electron chi connectivity index (χ0n) is 15.1. The summed E-state index contributed by atoms with van der Waals surface area (Å²) in [5, 5.41) is 3.58. The topological polar surface area (TPSA) is 51.1 Å². The first kappa shape index (κ1) is 17.9. The number of nitrogens with zero attached hydrogens (tertiary/aromatic N) is 1. The Balaban J connectivity index is 1.71. The molecule has 1 saturated carbocycles. The predicted octanol–water partition coefficient (Wildman–Crippen LogP) is 4.23. The SMILES string of the molecule is Cc1sc2ccn(Cc3ccc(F)cc3)c(=O)c2c1C(=O)NC1CCCC1. The maximum atomic E-state index is 13.1. The second-order valence-electron chi connectivity index (χ2n) is 7.10. The number of rotatable bonds is 4. The Morgan fingerprint density at radius 3 is 2.63 bits per heavy atom. The maximum Gasteiger partial charge on any atom is 0.260 e. The third-order valence-electron chi connectivity index (χ3n) is 5.18. The van der Waals surface area contributed by atoms with E-state index in [-0.39, 0.29) is 23.3 Å². The van der Waals surface area contributed by atoms with Crippen LogP contribution in [0.3, 0.4) is 0 Å². The molecule has 0 atom stereocenters. The fourth-order valence-corrected chi connectivity index (χ4v) is 4.82. The number of hydrogen-bond donors (Lipinski definition) is 1. The monoisotopic (exact) mass is 384 g/mol. The number of aryl methyl sites for hydroxylation is 1. The summed E-state index contributed by atoms with van der Waals surface area (Å²) in [4.78, 5) is 26.8. The van der Waals surface area contributed by atoms with Crippen LogP contribution in [0.1, 0.15) is 46.5 Å². The van der Waals surface area contributed by atoms with E-state index in [0.717, 1.165) is 40.8 Å². The van der Waals surface area contributed by atoms with Crippen molar-refractivity contribution in [2.24, 2.45) is 0 Å². The summed E-state index contributed by atoms with van der Waals surface area (Å²) >= 11 is 1.47. The Morgan fingerprint density at radius 2 is 1.93 bits per heavy atom. The highest BCUT2D eigenvalue weighted by atomic mass is 32.1. The molecule has 3 aromatic rings. The van der Waals surface area contributed by atoms with Gasteiger partial charge in [-0.15, -0.1) is 11.3 Å². The van der Waals surface area contributed by atoms with Gasteiger partial charge in [0.05, 0.1) is 17.5 Å². The summed E-state index contributed by atoms with van der Waals surface area (Å²) < 4.78 is 15.5. The number of thiophene rings is 1. The lowest BCUT2D eigenvalue weighted by Gasteiger charge is -2.12. The predicted molar refractivity (Wildman–Crippen MR) is 106 cm³/mol. The van der Waals surface area contributed by atoms with E-state index < -0.39 is 0 Å². The molecular weight excluding hydrogens is 363 g/mol. The quantitative estimate of drug-likeness (QED) is 0.732. The fourth-order valence-electron chi connectivity index (χ4n) is 3.78. The lowest BCUT2D eigenvalue weighted by Crippen LogP contribution is -2.33. The number of nitrogens with one attached hydrogen (secondary N) is 1. The third kappa shape index (κ3) is 3.54. The Bertz CT molecular complexity index is 1050. The molecule has 1 aromatic carbocycles. The second kappa shape index (κ2) is 7.27. The Hall–Kier alpha value is -2.47. The number of carbonyl (C=O) groups is 1. The highest BCUT2D eigenvalue weighted by Crippen LogP contribution is 2.29. The van der Waals surface area contributed by atoms with Gasteiger partial charge in [0.15, 0.2) is 0 Å². The normalized spacial score (nSPS) is 14.7. The highest BCUT2D eigenvalue weighted by Gasteiger charge is 2.23. The van der Waals surface area contributed by atoms with Crippen LogP contribution in [-0.2, 0) is 6.54 Å². The van der Waals surface area contributed by atoms with E-state index in [1.54, 1.807) is 22.9 Å². The first-order valence-electron chi connectivity index (χ1n) is 9.21. The van der Waals surface area contributed by atoms with Crippen molar-refractivity contribution in [2.75, 3.05) is 0 Å². The molecule has 0 radical (unpaired) electrons. The summed E-state index contributed by atoms with van der Waals surface area (Å²) in [7, 11) is 0. The van der Waals surface area contributed by atoms with Gasteiger partial charge >= 0.3 is 0 Å². The average molecular weight is 384 g/mol. The van der Waals surface area contributed by atoms with E-state index in [0.29, 0.717) is 17.5 Å². The smallest absolute Gasteiger partial charge is 0.260 e. The van der Waals surface area contributed by atoms with Gasteiger partial charge in [-0.3, -0.25) is 9.59 Å². The zero-order valence-corrected chi connectivity index (χ0v) is 15.9. The van der Waals surface area contributed by atoms with Crippen LogP contribution in [0.5, 0.6) is 0 Å². The van der Waals surface area contributed by atoms with Crippen LogP contribution in [0.4, 0.5) is 4.39 Å². The molecule has 0 spiro atoms. The van der Waals surface area contributed by atoms with Crippen molar-refractivity contribution in [3.8, 4) is 0 Å². The van der Waals surface area contributed by atoms with E-state index in [1.807, 2.05) is 13.0 Å². The molecule has 1 fully saturated rings. The molecule has 0 bridgehead atoms. The molecule has 140 valence electrons. The summed E-state index contributed by atoms with van der Waals surface area (Å²) in [6.45, 7) is 2.23. The number of carbonyl (C=O) groups excluding carboxylic acids is 1. The van der Waals surface area contributed by atoms with Gasteiger partial charge < -0.3 is 9.88 Å². The van der Waals surface area contributed by atoms with E-state index in [1.165, 1.54) is 23.5 Å². The number of fused-ring (bicyclic) bond motifs is 1. The highest BCUT2D eigenvalue weighted by molar-refractivity contribution is 7.19. The zero-order chi connectivity index (χ0) is 19.0. The van der Waals surface area contributed by atoms with E-state index in [9.17, 15) is 14.0 Å². The standard InChI is InChI=1S/C21H21FN2O2S/c1-13-18(20(25)23-16-4-2-3-5-16)19-17(27-13)10-11-24(21(19)26)12-14-6-8-15(22)9-7-14/h6-11,16H,2-5,12H2,1H3,(H,23,25). The lowest BCUT2D eigenvalue weighted by molar-refractivity contribution is 0.0939. The van der Waals surface area contributed by atoms with Gasteiger partial charge in [0.2, 0.25) is 0 Å². The molecule has 2 aromatic heterocycles. The van der Waals surface area contributed by atoms with Gasteiger partial charge in [-0.2, -0.15) is 0 Å². The van der Waals surface area contributed by atoms with Crippen LogP contribution < -0.4 is 10.9 Å².